The van der Waals surface area contributed by atoms with Crippen LogP contribution in [0.2, 0.25) is 0 Å². The lowest BCUT2D eigenvalue weighted by atomic mass is 9.94. The van der Waals surface area contributed by atoms with Crippen LogP contribution in [0.15, 0.2) is 46.0 Å². The summed E-state index contributed by atoms with van der Waals surface area (Å²) in [6.45, 7) is 6.29. The van der Waals surface area contributed by atoms with E-state index in [4.69, 9.17) is 14.2 Å². The van der Waals surface area contributed by atoms with Crippen molar-refractivity contribution in [2.75, 3.05) is 26.1 Å². The van der Waals surface area contributed by atoms with Crippen molar-refractivity contribution in [3.63, 3.8) is 0 Å². The van der Waals surface area contributed by atoms with Crippen molar-refractivity contribution in [2.24, 2.45) is 16.9 Å². The largest absolute Gasteiger partial charge is 0.497 e. The maximum atomic E-state index is 12.8. The summed E-state index contributed by atoms with van der Waals surface area (Å²) in [5.74, 6) is -0.218. The summed E-state index contributed by atoms with van der Waals surface area (Å²) in [6, 6.07) is 10.5. The summed E-state index contributed by atoms with van der Waals surface area (Å²) in [7, 11) is 3.13. The van der Waals surface area contributed by atoms with Crippen LogP contribution in [-0.4, -0.2) is 38.9 Å². The molecule has 2 amide bonds. The molecule has 0 aliphatic rings. The van der Waals surface area contributed by atoms with Gasteiger partial charge in [0, 0.05) is 5.69 Å². The third-order valence-corrected chi connectivity index (χ3v) is 5.56. The molecule has 8 nitrogen and oxygen atoms in total. The number of hydrogen-bond donors (Lipinski definition) is 2. The van der Waals surface area contributed by atoms with E-state index in [0.717, 1.165) is 17.3 Å². The van der Waals surface area contributed by atoms with E-state index >= 15 is 0 Å². The van der Waals surface area contributed by atoms with Crippen molar-refractivity contribution in [3.05, 3.63) is 46.4 Å². The number of benzene rings is 2. The molecule has 0 aliphatic heterocycles. The SMILES string of the molecule is CCCCOc1c(Br)cc(C=NNC(=O)C(C(=O)Nc2ccc(OC)cc2)C(C)C)cc1OC. The molecule has 0 fully saturated rings. The van der Waals surface area contributed by atoms with Crippen molar-refractivity contribution in [1.82, 2.24) is 5.43 Å². The number of carbonyl (C=O) groups excluding carboxylic acids is 2. The first kappa shape index (κ1) is 27.2. The minimum absolute atomic E-state index is 0.234. The van der Waals surface area contributed by atoms with E-state index in [1.165, 1.54) is 6.21 Å². The molecule has 184 valence electrons. The molecule has 0 saturated heterocycles. The van der Waals surface area contributed by atoms with Crippen molar-refractivity contribution in [1.29, 1.82) is 0 Å². The third kappa shape index (κ3) is 7.76. The van der Waals surface area contributed by atoms with Crippen molar-refractivity contribution in [3.8, 4) is 17.2 Å². The Labute approximate surface area is 209 Å². The number of halogens is 1. The Hall–Kier alpha value is -3.07. The summed E-state index contributed by atoms with van der Waals surface area (Å²) in [5, 5.41) is 6.81. The maximum Gasteiger partial charge on any atom is 0.252 e. The van der Waals surface area contributed by atoms with Gasteiger partial charge in [-0.1, -0.05) is 27.2 Å². The molecule has 0 saturated carbocycles. The van der Waals surface area contributed by atoms with Gasteiger partial charge in [-0.2, -0.15) is 5.10 Å². The zero-order valence-corrected chi connectivity index (χ0v) is 21.8. The molecule has 2 rings (SSSR count). The number of carbonyl (C=O) groups is 2. The standard InChI is InChI=1S/C25H32BrN3O5/c1-6-7-12-34-23-20(26)13-17(14-21(23)33-5)15-27-29-25(31)22(16(2)3)24(30)28-18-8-10-19(32-4)11-9-18/h8-11,13-16,22H,6-7,12H2,1-5H3,(H,28,30)(H,29,31). The van der Waals surface area contributed by atoms with Crippen LogP contribution in [0.1, 0.15) is 39.2 Å². The minimum Gasteiger partial charge on any atom is -0.497 e. The first-order chi connectivity index (χ1) is 16.3. The number of ether oxygens (including phenoxy) is 3. The quantitative estimate of drug-likeness (QED) is 0.173. The minimum atomic E-state index is -0.921. The normalized spacial score (nSPS) is 11.9. The van der Waals surface area contributed by atoms with E-state index in [-0.39, 0.29) is 5.92 Å². The molecule has 1 unspecified atom stereocenters. The Bertz CT molecular complexity index is 993. The van der Waals surface area contributed by atoms with Crippen LogP contribution in [0.5, 0.6) is 17.2 Å². The van der Waals surface area contributed by atoms with Crippen LogP contribution < -0.4 is 25.0 Å². The molecule has 0 heterocycles. The van der Waals surface area contributed by atoms with E-state index in [2.05, 4.69) is 38.7 Å². The zero-order chi connectivity index (χ0) is 25.1. The van der Waals surface area contributed by atoms with Gasteiger partial charge in [0.25, 0.3) is 5.91 Å². The van der Waals surface area contributed by atoms with Crippen molar-refractivity contribution in [2.45, 2.75) is 33.6 Å². The lowest BCUT2D eigenvalue weighted by molar-refractivity contribution is -0.134. The summed E-state index contributed by atoms with van der Waals surface area (Å²) in [6.07, 6.45) is 3.45. The number of amides is 2. The van der Waals surface area contributed by atoms with Gasteiger partial charge in [-0.05, 0) is 70.2 Å². The number of nitrogens with one attached hydrogen (secondary N) is 2. The molecule has 0 radical (unpaired) electrons. The highest BCUT2D eigenvalue weighted by Crippen LogP contribution is 2.36. The number of anilines is 1. The number of unbranched alkanes of at least 4 members (excludes halogenated alkanes) is 1. The molecule has 2 N–H and O–H groups in total. The summed E-state index contributed by atoms with van der Waals surface area (Å²) in [4.78, 5) is 25.5. The number of rotatable bonds is 12. The predicted molar refractivity (Wildman–Crippen MR) is 137 cm³/mol. The maximum absolute atomic E-state index is 12.8. The van der Waals surface area contributed by atoms with Gasteiger partial charge < -0.3 is 19.5 Å². The Morgan fingerprint density at radius 1 is 1.09 bits per heavy atom. The molecule has 1 atom stereocenters. The topological polar surface area (TPSA) is 98.2 Å². The summed E-state index contributed by atoms with van der Waals surface area (Å²) >= 11 is 3.50. The molecule has 9 heteroatoms. The van der Waals surface area contributed by atoms with Gasteiger partial charge >= 0.3 is 0 Å². The summed E-state index contributed by atoms with van der Waals surface area (Å²) in [5.41, 5.74) is 3.74. The van der Waals surface area contributed by atoms with Crippen molar-refractivity contribution < 1.29 is 23.8 Å². The van der Waals surface area contributed by atoms with Crippen LogP contribution in [0.3, 0.4) is 0 Å². The fourth-order valence-electron chi connectivity index (χ4n) is 3.13. The number of methoxy groups -OCH3 is 2. The van der Waals surface area contributed by atoms with Gasteiger partial charge in [-0.3, -0.25) is 9.59 Å². The second kappa shape index (κ2) is 13.6. The average molecular weight is 534 g/mol. The first-order valence-corrected chi connectivity index (χ1v) is 11.9. The monoisotopic (exact) mass is 533 g/mol. The molecular weight excluding hydrogens is 502 g/mol. The predicted octanol–water partition coefficient (Wildman–Crippen LogP) is 5.01. The molecule has 2 aromatic rings. The van der Waals surface area contributed by atoms with Gasteiger partial charge in [-0.15, -0.1) is 0 Å². The molecule has 0 bridgehead atoms. The van der Waals surface area contributed by atoms with E-state index in [0.29, 0.717) is 35.1 Å². The lowest BCUT2D eigenvalue weighted by Crippen LogP contribution is -2.39. The highest BCUT2D eigenvalue weighted by molar-refractivity contribution is 9.10. The molecule has 0 aliphatic carbocycles. The van der Waals surface area contributed by atoms with Crippen molar-refractivity contribution >= 4 is 39.6 Å². The van der Waals surface area contributed by atoms with Crippen LogP contribution in [0.25, 0.3) is 0 Å². The number of hydrazone groups is 1. The second-order valence-corrected chi connectivity index (χ2v) is 8.76. The molecule has 34 heavy (non-hydrogen) atoms. The van der Waals surface area contributed by atoms with Gasteiger partial charge in [0.15, 0.2) is 11.5 Å². The Morgan fingerprint density at radius 3 is 2.38 bits per heavy atom. The van der Waals surface area contributed by atoms with Crippen LogP contribution in [0, 0.1) is 11.8 Å². The van der Waals surface area contributed by atoms with Gasteiger partial charge in [0.05, 0.1) is 31.5 Å². The lowest BCUT2D eigenvalue weighted by Gasteiger charge is -2.18. The molecule has 2 aromatic carbocycles. The van der Waals surface area contributed by atoms with Gasteiger partial charge in [-0.25, -0.2) is 5.43 Å². The van der Waals surface area contributed by atoms with E-state index in [1.807, 2.05) is 6.07 Å². The third-order valence-electron chi connectivity index (χ3n) is 4.97. The highest BCUT2D eigenvalue weighted by Gasteiger charge is 2.30. The molecular formula is C25H32BrN3O5. The highest BCUT2D eigenvalue weighted by atomic mass is 79.9. The van der Waals surface area contributed by atoms with Gasteiger partial charge in [0.1, 0.15) is 11.7 Å². The van der Waals surface area contributed by atoms with Crippen LogP contribution in [0.4, 0.5) is 5.69 Å². The Balaban J connectivity index is 2.06. The summed E-state index contributed by atoms with van der Waals surface area (Å²) < 4.78 is 17.1. The second-order valence-electron chi connectivity index (χ2n) is 7.91. The van der Waals surface area contributed by atoms with E-state index in [1.54, 1.807) is 58.4 Å². The number of nitrogens with zero attached hydrogens (tertiary/aromatic N) is 1. The van der Waals surface area contributed by atoms with Crippen LogP contribution >= 0.6 is 15.9 Å². The molecule has 0 aromatic heterocycles. The number of hydrogen-bond acceptors (Lipinski definition) is 6. The average Bonchev–Trinajstić information content (AvgIpc) is 2.80. The Kier molecular flexibility index (Phi) is 10.9. The first-order valence-electron chi connectivity index (χ1n) is 11.1. The molecule has 0 spiro atoms. The fraction of sp³-hybridized carbons (Fsp3) is 0.400. The fourth-order valence-corrected chi connectivity index (χ4v) is 3.71. The smallest absolute Gasteiger partial charge is 0.252 e. The van der Waals surface area contributed by atoms with Gasteiger partial charge in [0.2, 0.25) is 5.91 Å². The van der Waals surface area contributed by atoms with E-state index < -0.39 is 17.7 Å². The van der Waals surface area contributed by atoms with Crippen LogP contribution in [-0.2, 0) is 9.59 Å². The zero-order valence-electron chi connectivity index (χ0n) is 20.2. The van der Waals surface area contributed by atoms with E-state index in [9.17, 15) is 9.59 Å². The Morgan fingerprint density at radius 2 is 1.79 bits per heavy atom.